The maximum absolute atomic E-state index is 12.5. The Balaban J connectivity index is 1.74. The largest absolute Gasteiger partial charge is 0.489 e. The summed E-state index contributed by atoms with van der Waals surface area (Å²) >= 11 is 2.04. The van der Waals surface area contributed by atoms with Gasteiger partial charge in [0.2, 0.25) is 0 Å². The van der Waals surface area contributed by atoms with Crippen molar-refractivity contribution < 1.29 is 9.53 Å². The van der Waals surface area contributed by atoms with Crippen molar-refractivity contribution in [1.82, 2.24) is 0 Å². The highest BCUT2D eigenvalue weighted by Gasteiger charge is 2.41. The normalized spacial score (nSPS) is 16.7. The monoisotopic (exact) mass is 478 g/mol. The molecule has 3 heteroatoms. The van der Waals surface area contributed by atoms with Crippen LogP contribution < -0.4 is 4.74 Å². The number of thioether (sulfide) groups is 1. The van der Waals surface area contributed by atoms with E-state index in [1.807, 2.05) is 50.7 Å². The van der Waals surface area contributed by atoms with Gasteiger partial charge in [0.25, 0.3) is 0 Å². The highest BCUT2D eigenvalue weighted by Crippen LogP contribution is 2.52. The molecule has 1 heterocycles. The third-order valence-corrected chi connectivity index (χ3v) is 9.27. The Bertz CT molecular complexity index is 1010. The fourth-order valence-electron chi connectivity index (χ4n) is 5.04. The highest BCUT2D eigenvalue weighted by molar-refractivity contribution is 8.04. The summed E-state index contributed by atoms with van der Waals surface area (Å²) in [6.07, 6.45) is 4.85. The smallest absolute Gasteiger partial charge is 0.138 e. The molecule has 1 unspecified atom stereocenters. The minimum atomic E-state index is -0.254. The number of benzene rings is 2. The second-order valence-corrected chi connectivity index (χ2v) is 12.1. The zero-order valence-corrected chi connectivity index (χ0v) is 23.0. The molecule has 0 N–H and O–H groups in total. The van der Waals surface area contributed by atoms with Crippen molar-refractivity contribution in [2.24, 2.45) is 5.41 Å². The van der Waals surface area contributed by atoms with Crippen molar-refractivity contribution in [1.29, 1.82) is 0 Å². The molecular formula is C31H42O2S. The quantitative estimate of drug-likeness (QED) is 0.341. The fourth-order valence-corrected chi connectivity index (χ4v) is 6.92. The first-order valence-corrected chi connectivity index (χ1v) is 13.6. The minimum absolute atomic E-state index is 0.116. The van der Waals surface area contributed by atoms with Gasteiger partial charge in [-0.1, -0.05) is 82.7 Å². The van der Waals surface area contributed by atoms with Gasteiger partial charge >= 0.3 is 0 Å². The van der Waals surface area contributed by atoms with Gasteiger partial charge in [-0.25, -0.2) is 0 Å². The number of aryl methyl sites for hydroxylation is 1. The lowest BCUT2D eigenvalue weighted by Crippen LogP contribution is -2.35. The first kappa shape index (κ1) is 26.6. The summed E-state index contributed by atoms with van der Waals surface area (Å²) in [5.74, 6) is 1.32. The predicted molar refractivity (Wildman–Crippen MR) is 147 cm³/mol. The van der Waals surface area contributed by atoms with Crippen LogP contribution in [0.25, 0.3) is 0 Å². The van der Waals surface area contributed by atoms with Gasteiger partial charge in [-0.2, -0.15) is 0 Å². The number of carbonyl (C=O) groups excluding carboxylic acids is 1. The van der Waals surface area contributed by atoms with Crippen LogP contribution in [0.4, 0.5) is 0 Å². The van der Waals surface area contributed by atoms with E-state index < -0.39 is 0 Å². The Labute approximate surface area is 211 Å². The van der Waals surface area contributed by atoms with Crippen LogP contribution in [0.5, 0.6) is 5.75 Å². The molecule has 0 aromatic heterocycles. The standard InChI is InChI=1S/C31H42O2S/c1-8-31(9-2,29-20-23(4)27(34-29)17-18-28(32)30(5,6)7)25-15-16-26(22(3)19-25)33-21-24-13-11-10-12-14-24/h10-16,19,29H,8-9,17-18,20-21H2,1-7H3. The Morgan fingerprint density at radius 1 is 1.03 bits per heavy atom. The molecule has 2 aromatic carbocycles. The molecule has 34 heavy (non-hydrogen) atoms. The van der Waals surface area contributed by atoms with E-state index in [9.17, 15) is 4.79 Å². The van der Waals surface area contributed by atoms with Gasteiger partial charge in [-0.05, 0) is 67.2 Å². The van der Waals surface area contributed by atoms with E-state index >= 15 is 0 Å². The Kier molecular flexibility index (Phi) is 8.73. The number of allylic oxidation sites excluding steroid dienone is 2. The third-order valence-electron chi connectivity index (χ3n) is 7.53. The topological polar surface area (TPSA) is 26.3 Å². The summed E-state index contributed by atoms with van der Waals surface area (Å²) in [5.41, 5.74) is 5.13. The summed E-state index contributed by atoms with van der Waals surface area (Å²) in [6.45, 7) is 15.7. The molecule has 0 bridgehead atoms. The number of carbonyl (C=O) groups is 1. The third kappa shape index (κ3) is 5.97. The molecule has 1 aliphatic heterocycles. The molecule has 2 nitrogen and oxygen atoms in total. The minimum Gasteiger partial charge on any atom is -0.489 e. The summed E-state index contributed by atoms with van der Waals surface area (Å²) in [5, 5.41) is 0.512. The second-order valence-electron chi connectivity index (χ2n) is 10.8. The van der Waals surface area contributed by atoms with E-state index in [0.717, 1.165) is 31.4 Å². The van der Waals surface area contributed by atoms with Crippen LogP contribution in [0.2, 0.25) is 0 Å². The Morgan fingerprint density at radius 2 is 1.71 bits per heavy atom. The lowest BCUT2D eigenvalue weighted by molar-refractivity contribution is -0.126. The number of hydrogen-bond donors (Lipinski definition) is 0. The molecule has 1 aliphatic rings. The average Bonchev–Trinajstić information content (AvgIpc) is 3.18. The van der Waals surface area contributed by atoms with E-state index in [-0.39, 0.29) is 10.8 Å². The van der Waals surface area contributed by atoms with Gasteiger partial charge in [0.15, 0.2) is 0 Å². The fraction of sp³-hybridized carbons (Fsp3) is 0.516. The van der Waals surface area contributed by atoms with Crippen LogP contribution in [0.3, 0.4) is 0 Å². The number of Topliss-reactive ketones (excluding diaryl/α,β-unsaturated/α-hetero) is 1. The lowest BCUT2D eigenvalue weighted by atomic mass is 9.71. The lowest BCUT2D eigenvalue weighted by Gasteiger charge is -2.38. The van der Waals surface area contributed by atoms with E-state index in [1.165, 1.54) is 27.2 Å². The summed E-state index contributed by atoms with van der Waals surface area (Å²) < 4.78 is 6.15. The van der Waals surface area contributed by atoms with Gasteiger partial charge in [0.05, 0.1) is 0 Å². The molecule has 0 aliphatic carbocycles. The SMILES string of the molecule is CCC(CC)(c1ccc(OCc2ccccc2)c(C)c1)C1CC(C)=C(CCC(=O)C(C)(C)C)S1. The summed E-state index contributed by atoms with van der Waals surface area (Å²) in [4.78, 5) is 13.9. The summed E-state index contributed by atoms with van der Waals surface area (Å²) in [7, 11) is 0. The molecule has 0 saturated carbocycles. The van der Waals surface area contributed by atoms with E-state index in [2.05, 4.69) is 58.0 Å². The van der Waals surface area contributed by atoms with Crippen molar-refractivity contribution in [3.8, 4) is 5.75 Å². The van der Waals surface area contributed by atoms with Gasteiger partial charge < -0.3 is 4.74 Å². The molecule has 1 atom stereocenters. The molecule has 0 spiro atoms. The number of hydrogen-bond acceptors (Lipinski definition) is 3. The predicted octanol–water partition coefficient (Wildman–Crippen LogP) is 8.81. The molecule has 0 saturated heterocycles. The van der Waals surface area contributed by atoms with Gasteiger partial charge in [0, 0.05) is 22.5 Å². The van der Waals surface area contributed by atoms with E-state index in [4.69, 9.17) is 4.74 Å². The van der Waals surface area contributed by atoms with Crippen molar-refractivity contribution in [2.45, 2.75) is 97.8 Å². The van der Waals surface area contributed by atoms with E-state index in [0.29, 0.717) is 24.1 Å². The number of rotatable bonds is 10. The van der Waals surface area contributed by atoms with Crippen molar-refractivity contribution in [3.05, 3.63) is 75.7 Å². The number of ketones is 1. The van der Waals surface area contributed by atoms with E-state index in [1.54, 1.807) is 0 Å². The summed E-state index contributed by atoms with van der Waals surface area (Å²) in [6, 6.07) is 17.1. The van der Waals surface area contributed by atoms with Crippen LogP contribution in [0, 0.1) is 12.3 Å². The first-order valence-electron chi connectivity index (χ1n) is 12.8. The maximum atomic E-state index is 12.5. The van der Waals surface area contributed by atoms with Gasteiger partial charge in [-0.3, -0.25) is 4.79 Å². The van der Waals surface area contributed by atoms with Crippen LogP contribution >= 0.6 is 11.8 Å². The molecule has 0 fully saturated rings. The molecule has 0 radical (unpaired) electrons. The van der Waals surface area contributed by atoms with Gasteiger partial charge in [0.1, 0.15) is 18.1 Å². The molecular weight excluding hydrogens is 436 g/mol. The zero-order chi connectivity index (χ0) is 24.9. The molecule has 0 amide bonds. The van der Waals surface area contributed by atoms with Gasteiger partial charge in [-0.15, -0.1) is 11.8 Å². The zero-order valence-electron chi connectivity index (χ0n) is 22.2. The van der Waals surface area contributed by atoms with Crippen LogP contribution in [-0.4, -0.2) is 11.0 Å². The number of ether oxygens (including phenoxy) is 1. The first-order chi connectivity index (χ1) is 16.1. The van der Waals surface area contributed by atoms with Crippen LogP contribution in [0.1, 0.15) is 90.3 Å². The van der Waals surface area contributed by atoms with Crippen molar-refractivity contribution >= 4 is 17.5 Å². The average molecular weight is 479 g/mol. The highest BCUT2D eigenvalue weighted by atomic mass is 32.2. The van der Waals surface area contributed by atoms with Crippen LogP contribution in [0.15, 0.2) is 59.0 Å². The van der Waals surface area contributed by atoms with Crippen molar-refractivity contribution in [2.75, 3.05) is 0 Å². The Hall–Kier alpha value is -2.00. The van der Waals surface area contributed by atoms with Crippen molar-refractivity contribution in [3.63, 3.8) is 0 Å². The molecule has 3 rings (SSSR count). The molecule has 2 aromatic rings. The van der Waals surface area contributed by atoms with Crippen LogP contribution in [-0.2, 0) is 16.8 Å². The second kappa shape index (κ2) is 11.2. The maximum Gasteiger partial charge on any atom is 0.138 e. The Morgan fingerprint density at radius 3 is 2.29 bits per heavy atom. The molecule has 184 valence electrons.